The van der Waals surface area contributed by atoms with Gasteiger partial charge in [0, 0.05) is 67.6 Å². The Morgan fingerprint density at radius 1 is 1.12 bits per heavy atom. The van der Waals surface area contributed by atoms with Gasteiger partial charge in [0.15, 0.2) is 0 Å². The van der Waals surface area contributed by atoms with Crippen LogP contribution in [-0.4, -0.2) is 53.3 Å². The van der Waals surface area contributed by atoms with Crippen LogP contribution in [0.1, 0.15) is 39.7 Å². The zero-order valence-corrected chi connectivity index (χ0v) is 23.1. The molecule has 1 aliphatic rings. The molecule has 1 amide bonds. The third-order valence-corrected chi connectivity index (χ3v) is 7.26. The number of anilines is 3. The SMILES string of the molecule is CCN1CCN(c2cc(NC(=O)c3ccc(C)c(N(N)/C=C(\N)c4cnn(C)c4C)c3)cc(C(F)(F)F)c2)CC1. The average molecular weight is 557 g/mol. The number of amides is 1. The van der Waals surface area contributed by atoms with Crippen molar-refractivity contribution in [2.45, 2.75) is 26.9 Å². The number of aryl methyl sites for hydroxylation is 2. The van der Waals surface area contributed by atoms with Crippen molar-refractivity contribution in [1.29, 1.82) is 0 Å². The zero-order chi connectivity index (χ0) is 29.2. The Hall–Kier alpha value is -4.03. The molecule has 214 valence electrons. The summed E-state index contributed by atoms with van der Waals surface area (Å²) in [4.78, 5) is 17.3. The molecule has 2 aromatic carbocycles. The molecule has 3 aromatic rings. The van der Waals surface area contributed by atoms with Crippen molar-refractivity contribution in [3.8, 4) is 0 Å². The summed E-state index contributed by atoms with van der Waals surface area (Å²) >= 11 is 0. The van der Waals surface area contributed by atoms with Crippen LogP contribution in [0.3, 0.4) is 0 Å². The average Bonchev–Trinajstić information content (AvgIpc) is 3.26. The molecule has 1 aromatic heterocycles. The van der Waals surface area contributed by atoms with Gasteiger partial charge in [-0.05, 0) is 56.3 Å². The molecule has 1 fully saturated rings. The first-order chi connectivity index (χ1) is 18.9. The monoisotopic (exact) mass is 556 g/mol. The topological polar surface area (TPSA) is 109 Å². The van der Waals surface area contributed by atoms with Crippen molar-refractivity contribution in [1.82, 2.24) is 14.7 Å². The fraction of sp³-hybridized carbons (Fsp3) is 0.357. The minimum Gasteiger partial charge on any atom is -0.397 e. The van der Waals surface area contributed by atoms with Crippen LogP contribution in [0.15, 0.2) is 48.8 Å². The molecule has 0 radical (unpaired) electrons. The van der Waals surface area contributed by atoms with Crippen molar-refractivity contribution in [3.05, 3.63) is 76.7 Å². The fourth-order valence-electron chi connectivity index (χ4n) is 4.65. The summed E-state index contributed by atoms with van der Waals surface area (Å²) in [6.07, 6.45) is -1.39. The number of hydrazine groups is 1. The number of piperazine rings is 1. The second kappa shape index (κ2) is 11.6. The molecular weight excluding hydrogens is 521 g/mol. The molecule has 0 aliphatic carbocycles. The van der Waals surface area contributed by atoms with Gasteiger partial charge in [-0.2, -0.15) is 18.3 Å². The van der Waals surface area contributed by atoms with Crippen LogP contribution < -0.4 is 26.8 Å². The Bertz CT molecular complexity index is 1410. The summed E-state index contributed by atoms with van der Waals surface area (Å²) in [6, 6.07) is 8.55. The lowest BCUT2D eigenvalue weighted by Gasteiger charge is -2.36. The van der Waals surface area contributed by atoms with Crippen LogP contribution in [0, 0.1) is 13.8 Å². The molecule has 5 N–H and O–H groups in total. The molecule has 40 heavy (non-hydrogen) atoms. The van der Waals surface area contributed by atoms with Gasteiger partial charge in [0.1, 0.15) is 0 Å². The van der Waals surface area contributed by atoms with Crippen LogP contribution in [0.5, 0.6) is 0 Å². The van der Waals surface area contributed by atoms with Gasteiger partial charge in [-0.1, -0.05) is 13.0 Å². The Kier molecular flexibility index (Phi) is 8.40. The van der Waals surface area contributed by atoms with Gasteiger partial charge in [0.25, 0.3) is 5.91 Å². The highest BCUT2D eigenvalue weighted by molar-refractivity contribution is 6.05. The molecular formula is C28H35F3N8O. The second-order valence-electron chi connectivity index (χ2n) is 9.90. The maximum atomic E-state index is 13.8. The van der Waals surface area contributed by atoms with Gasteiger partial charge in [-0.25, -0.2) is 5.84 Å². The largest absolute Gasteiger partial charge is 0.416 e. The van der Waals surface area contributed by atoms with E-state index in [9.17, 15) is 18.0 Å². The van der Waals surface area contributed by atoms with Gasteiger partial charge in [0.05, 0.1) is 23.1 Å². The molecule has 1 aliphatic heterocycles. The molecule has 0 unspecified atom stereocenters. The minimum absolute atomic E-state index is 0.0654. The number of nitrogens with one attached hydrogen (secondary N) is 1. The third kappa shape index (κ3) is 6.40. The smallest absolute Gasteiger partial charge is 0.397 e. The lowest BCUT2D eigenvalue weighted by atomic mass is 10.1. The number of hydrogen-bond donors (Lipinski definition) is 3. The minimum atomic E-state index is -4.56. The van der Waals surface area contributed by atoms with E-state index in [-0.39, 0.29) is 11.3 Å². The molecule has 0 saturated carbocycles. The van der Waals surface area contributed by atoms with Crippen LogP contribution in [-0.2, 0) is 13.2 Å². The first kappa shape index (κ1) is 29.0. The summed E-state index contributed by atoms with van der Waals surface area (Å²) in [6.45, 7) is 9.38. The maximum absolute atomic E-state index is 13.8. The van der Waals surface area contributed by atoms with Crippen molar-refractivity contribution < 1.29 is 18.0 Å². The molecule has 0 atom stereocenters. The molecule has 12 heteroatoms. The van der Waals surface area contributed by atoms with Crippen LogP contribution in [0.2, 0.25) is 0 Å². The van der Waals surface area contributed by atoms with Crippen molar-refractivity contribution in [2.75, 3.05) is 47.9 Å². The highest BCUT2D eigenvalue weighted by atomic mass is 19.4. The molecule has 0 spiro atoms. The van der Waals surface area contributed by atoms with E-state index in [0.717, 1.165) is 48.6 Å². The summed E-state index contributed by atoms with van der Waals surface area (Å²) < 4.78 is 42.9. The molecule has 1 saturated heterocycles. The molecule has 2 heterocycles. The van der Waals surface area contributed by atoms with Crippen LogP contribution in [0.25, 0.3) is 5.70 Å². The number of nitrogens with two attached hydrogens (primary N) is 2. The molecule has 9 nitrogen and oxygen atoms in total. The van der Waals surface area contributed by atoms with Crippen LogP contribution >= 0.6 is 0 Å². The number of carbonyl (C=O) groups is 1. The van der Waals surface area contributed by atoms with E-state index < -0.39 is 17.6 Å². The summed E-state index contributed by atoms with van der Waals surface area (Å²) in [5.74, 6) is 5.73. The Morgan fingerprint density at radius 3 is 2.42 bits per heavy atom. The number of carbonyl (C=O) groups excluding carboxylic acids is 1. The Morgan fingerprint density at radius 2 is 1.82 bits per heavy atom. The van der Waals surface area contributed by atoms with Gasteiger partial charge in [-0.15, -0.1) is 0 Å². The first-order valence-electron chi connectivity index (χ1n) is 13.0. The second-order valence-corrected chi connectivity index (χ2v) is 9.90. The number of benzene rings is 2. The van der Waals surface area contributed by atoms with Crippen molar-refractivity contribution in [2.24, 2.45) is 18.6 Å². The van der Waals surface area contributed by atoms with Crippen molar-refractivity contribution in [3.63, 3.8) is 0 Å². The number of likely N-dealkylation sites (N-methyl/N-ethyl adjacent to an activating group) is 1. The van der Waals surface area contributed by atoms with Crippen LogP contribution in [0.4, 0.5) is 30.2 Å². The van der Waals surface area contributed by atoms with Crippen molar-refractivity contribution >= 4 is 28.7 Å². The van der Waals surface area contributed by atoms with E-state index in [1.54, 1.807) is 42.2 Å². The number of rotatable bonds is 7. The van der Waals surface area contributed by atoms with E-state index in [2.05, 4.69) is 22.2 Å². The highest BCUT2D eigenvalue weighted by Gasteiger charge is 2.32. The van der Waals surface area contributed by atoms with E-state index in [1.807, 2.05) is 18.7 Å². The van der Waals surface area contributed by atoms with Gasteiger partial charge in [0.2, 0.25) is 0 Å². The fourth-order valence-corrected chi connectivity index (χ4v) is 4.65. The summed E-state index contributed by atoms with van der Waals surface area (Å²) in [7, 11) is 1.80. The predicted molar refractivity (Wildman–Crippen MR) is 152 cm³/mol. The van der Waals surface area contributed by atoms with E-state index in [1.165, 1.54) is 11.2 Å². The number of alkyl halides is 3. The Labute approximate surface area is 231 Å². The van der Waals surface area contributed by atoms with Gasteiger partial charge in [-0.3, -0.25) is 14.5 Å². The molecule has 0 bridgehead atoms. The first-order valence-corrected chi connectivity index (χ1v) is 13.0. The maximum Gasteiger partial charge on any atom is 0.416 e. The normalized spacial score (nSPS) is 14.9. The Balaban J connectivity index is 1.58. The van der Waals surface area contributed by atoms with E-state index >= 15 is 0 Å². The quantitative estimate of drug-likeness (QED) is 0.297. The molecule has 4 rings (SSSR count). The highest BCUT2D eigenvalue weighted by Crippen LogP contribution is 2.35. The lowest BCUT2D eigenvalue weighted by Crippen LogP contribution is -2.46. The summed E-state index contributed by atoms with van der Waals surface area (Å²) in [5, 5.41) is 8.14. The number of halogens is 3. The van der Waals surface area contributed by atoms with Gasteiger partial charge >= 0.3 is 6.18 Å². The lowest BCUT2D eigenvalue weighted by molar-refractivity contribution is -0.137. The zero-order valence-electron chi connectivity index (χ0n) is 23.1. The predicted octanol–water partition coefficient (Wildman–Crippen LogP) is 4.09. The number of nitrogens with zero attached hydrogens (tertiary/aromatic N) is 5. The third-order valence-electron chi connectivity index (χ3n) is 7.26. The van der Waals surface area contributed by atoms with E-state index in [4.69, 9.17) is 11.6 Å². The summed E-state index contributed by atoms with van der Waals surface area (Å²) in [5.41, 5.74) is 9.41. The van der Waals surface area contributed by atoms with E-state index in [0.29, 0.717) is 30.2 Å². The standard InChI is InChI=1S/C28H35F3N8O/c1-5-37-8-10-38(11-9-37)23-14-21(28(29,30)31)13-22(15-23)35-27(40)20-7-6-18(2)26(12-20)39(33)17-25(32)24-16-34-36(4)19(24)3/h6-7,12-17H,5,8-11,32-33H2,1-4H3,(H,35,40)/b25-17-. The van der Waals surface area contributed by atoms with Gasteiger partial charge < -0.3 is 20.9 Å². The number of hydrogen-bond acceptors (Lipinski definition) is 7. The number of aromatic nitrogens is 2.